The Hall–Kier alpha value is -0.740. The zero-order valence-corrected chi connectivity index (χ0v) is 27.3. The first kappa shape index (κ1) is 36.5. The van der Waals surface area contributed by atoms with Crippen molar-refractivity contribution < 1.29 is 47.9 Å². The molecule has 232 valence electrons. The fraction of sp³-hybridized carbons (Fsp3) is 0.545. The number of halogens is 6. The zero-order valence-electron chi connectivity index (χ0n) is 21.1. The fourth-order valence-corrected chi connectivity index (χ4v) is 5.41. The summed E-state index contributed by atoms with van der Waals surface area (Å²) in [6.07, 6.45) is 4.54. The van der Waals surface area contributed by atoms with Crippen LogP contribution in [0.1, 0.15) is 61.4 Å². The lowest BCUT2D eigenvalue weighted by atomic mass is 10.0. The van der Waals surface area contributed by atoms with Crippen molar-refractivity contribution in [2.45, 2.75) is 59.1 Å². The minimum atomic E-state index is -5.01. The fourth-order valence-electron chi connectivity index (χ4n) is 3.27. The van der Waals surface area contributed by atoms with Crippen LogP contribution in [0.5, 0.6) is 11.5 Å². The van der Waals surface area contributed by atoms with Gasteiger partial charge < -0.3 is 13.1 Å². The van der Waals surface area contributed by atoms with E-state index in [-0.39, 0.29) is 11.3 Å². The minimum absolute atomic E-state index is 0.0564. The number of ketones is 1. The molecule has 1 atom stereocenters. The number of carbonyl (C=O) groups is 2. The lowest BCUT2D eigenvalue weighted by molar-refractivity contribution is -0.119. The quantitative estimate of drug-likeness (QED) is 0.222. The summed E-state index contributed by atoms with van der Waals surface area (Å²) in [6, 6.07) is 1.83. The standard InChI is InChI=1S/C22H24Cl6O11S2/c1-14-6-5-9-16(29)8-4-2-3-7-15-10-17(38-40(31,32)35-12-21(23,24)25)11-18(19(15)20(30)37-14)39-41(33,34)36-13-22(26,27)28/h3,7,10-11,14H,2,4-6,8-9,12-13H2,1H3/b7-3+/t14-/m0/s1. The second-order valence-corrected chi connectivity index (χ2v) is 16.0. The lowest BCUT2D eigenvalue weighted by Crippen LogP contribution is -2.23. The molecule has 0 aromatic heterocycles. The summed E-state index contributed by atoms with van der Waals surface area (Å²) in [5.74, 6) is -2.29. The molecule has 0 aliphatic carbocycles. The van der Waals surface area contributed by atoms with E-state index in [0.29, 0.717) is 38.5 Å². The number of hydrogen-bond donors (Lipinski definition) is 0. The van der Waals surface area contributed by atoms with Gasteiger partial charge in [-0.1, -0.05) is 81.8 Å². The van der Waals surface area contributed by atoms with E-state index in [0.717, 1.165) is 12.1 Å². The first-order valence-electron chi connectivity index (χ1n) is 11.6. The second-order valence-electron chi connectivity index (χ2n) is 8.56. The van der Waals surface area contributed by atoms with E-state index in [4.69, 9.17) is 82.7 Å². The van der Waals surface area contributed by atoms with Crippen LogP contribution in [0.4, 0.5) is 0 Å². The molecule has 0 saturated carbocycles. The van der Waals surface area contributed by atoms with Gasteiger partial charge in [-0.2, -0.15) is 16.8 Å². The number of fused-ring (bicyclic) bond motifs is 1. The number of Topliss-reactive ketones (excluding diaryl/α,β-unsaturated/α-hetero) is 1. The highest BCUT2D eigenvalue weighted by atomic mass is 35.6. The Morgan fingerprint density at radius 1 is 0.878 bits per heavy atom. The molecule has 0 amide bonds. The number of ether oxygens (including phenoxy) is 1. The SMILES string of the molecule is C[C@H]1CCCC(=O)CCC/C=C/c2cc(OS(=O)(=O)OCC(Cl)(Cl)Cl)cc(OS(=O)(=O)OCC(Cl)(Cl)Cl)c2C(=O)O1. The van der Waals surface area contributed by atoms with Crippen LogP contribution in [0.15, 0.2) is 18.2 Å². The molecule has 1 aliphatic rings. The highest BCUT2D eigenvalue weighted by molar-refractivity contribution is 7.82. The van der Waals surface area contributed by atoms with E-state index in [1.165, 1.54) is 6.08 Å². The molecule has 1 aromatic carbocycles. The monoisotopic (exact) mass is 738 g/mol. The third-order valence-corrected chi connectivity index (χ3v) is 7.18. The highest BCUT2D eigenvalue weighted by Gasteiger charge is 2.31. The molecule has 0 radical (unpaired) electrons. The molecule has 0 spiro atoms. The Labute approximate surface area is 267 Å². The van der Waals surface area contributed by atoms with Crippen molar-refractivity contribution in [3.63, 3.8) is 0 Å². The summed E-state index contributed by atoms with van der Waals surface area (Å²) in [6.45, 7) is -0.300. The van der Waals surface area contributed by atoms with Gasteiger partial charge in [0.05, 0.1) is 6.10 Å². The number of hydrogen-bond acceptors (Lipinski definition) is 11. The summed E-state index contributed by atoms with van der Waals surface area (Å²) in [5, 5.41) is 0. The van der Waals surface area contributed by atoms with E-state index >= 15 is 0 Å². The van der Waals surface area contributed by atoms with Crippen LogP contribution in [0.2, 0.25) is 0 Å². The molecule has 0 fully saturated rings. The van der Waals surface area contributed by atoms with E-state index in [1.54, 1.807) is 13.0 Å². The number of cyclic esters (lactones) is 1. The van der Waals surface area contributed by atoms with Gasteiger partial charge in [0.25, 0.3) is 0 Å². The molecule has 2 rings (SSSR count). The summed E-state index contributed by atoms with van der Waals surface area (Å²) in [5.41, 5.74) is -0.500. The molecule has 11 nitrogen and oxygen atoms in total. The first-order chi connectivity index (χ1) is 18.8. The lowest BCUT2D eigenvalue weighted by Gasteiger charge is -2.19. The molecular weight excluding hydrogens is 717 g/mol. The topological polar surface area (TPSA) is 149 Å². The Balaban J connectivity index is 2.61. The molecule has 0 N–H and O–H groups in total. The Bertz CT molecular complexity index is 1340. The van der Waals surface area contributed by atoms with Gasteiger partial charge in [0.2, 0.25) is 7.59 Å². The summed E-state index contributed by atoms with van der Waals surface area (Å²) < 4.78 is 69.9. The number of allylic oxidation sites excluding steroid dienone is 1. The van der Waals surface area contributed by atoms with E-state index in [2.05, 4.69) is 8.37 Å². The molecule has 0 unspecified atom stereocenters. The largest absolute Gasteiger partial charge is 0.459 e. The highest BCUT2D eigenvalue weighted by Crippen LogP contribution is 2.35. The summed E-state index contributed by atoms with van der Waals surface area (Å²) in [7, 11) is -9.89. The van der Waals surface area contributed by atoms with Gasteiger partial charge in [-0.15, -0.1) is 0 Å². The van der Waals surface area contributed by atoms with E-state index in [9.17, 15) is 26.4 Å². The van der Waals surface area contributed by atoms with Gasteiger partial charge in [0, 0.05) is 18.9 Å². The van der Waals surface area contributed by atoms with Crippen molar-refractivity contribution in [1.29, 1.82) is 0 Å². The van der Waals surface area contributed by atoms with Crippen LogP contribution >= 0.6 is 69.6 Å². The van der Waals surface area contributed by atoms with Crippen LogP contribution in [0, 0.1) is 0 Å². The van der Waals surface area contributed by atoms with Crippen LogP contribution in [0.25, 0.3) is 6.08 Å². The van der Waals surface area contributed by atoms with E-state index in [1.807, 2.05) is 0 Å². The third-order valence-electron chi connectivity index (χ3n) is 4.93. The number of benzene rings is 1. The minimum Gasteiger partial charge on any atom is -0.459 e. The zero-order chi connectivity index (χ0) is 31.1. The van der Waals surface area contributed by atoms with Crippen LogP contribution in [-0.2, 0) is 38.7 Å². The smallest absolute Gasteiger partial charge is 0.449 e. The first-order valence-corrected chi connectivity index (χ1v) is 16.6. The molecular formula is C22H24Cl6O11S2. The maximum Gasteiger partial charge on any atom is 0.449 e. The van der Waals surface area contributed by atoms with Crippen LogP contribution in [0.3, 0.4) is 0 Å². The molecule has 1 aliphatic heterocycles. The van der Waals surface area contributed by atoms with Crippen molar-refractivity contribution in [1.82, 2.24) is 0 Å². The maximum atomic E-state index is 13.3. The van der Waals surface area contributed by atoms with Gasteiger partial charge >= 0.3 is 26.8 Å². The number of rotatable bonds is 8. The molecule has 1 aromatic rings. The van der Waals surface area contributed by atoms with Gasteiger partial charge in [0.1, 0.15) is 30.3 Å². The second kappa shape index (κ2) is 15.3. The Morgan fingerprint density at radius 3 is 2.02 bits per heavy atom. The third kappa shape index (κ3) is 14.5. The Morgan fingerprint density at radius 2 is 1.44 bits per heavy atom. The van der Waals surface area contributed by atoms with Crippen molar-refractivity contribution in [2.24, 2.45) is 0 Å². The predicted octanol–water partition coefficient (Wildman–Crippen LogP) is 6.19. The molecule has 0 saturated heterocycles. The predicted molar refractivity (Wildman–Crippen MR) is 155 cm³/mol. The van der Waals surface area contributed by atoms with Crippen molar-refractivity contribution in [2.75, 3.05) is 13.2 Å². The number of carbonyl (C=O) groups excluding carboxylic acids is 2. The van der Waals surface area contributed by atoms with E-state index < -0.39 is 70.7 Å². The average Bonchev–Trinajstić information content (AvgIpc) is 2.79. The average molecular weight is 741 g/mol. The summed E-state index contributed by atoms with van der Waals surface area (Å²) >= 11 is 33.2. The van der Waals surface area contributed by atoms with Crippen molar-refractivity contribution in [3.05, 3.63) is 29.3 Å². The van der Waals surface area contributed by atoms with Crippen molar-refractivity contribution in [3.8, 4) is 11.5 Å². The van der Waals surface area contributed by atoms with Crippen LogP contribution in [-0.4, -0.2) is 55.5 Å². The summed E-state index contributed by atoms with van der Waals surface area (Å²) in [4.78, 5) is 25.3. The van der Waals surface area contributed by atoms with Gasteiger partial charge in [-0.05, 0) is 44.2 Å². The Kier molecular flexibility index (Phi) is 13.6. The molecule has 19 heteroatoms. The molecule has 0 bridgehead atoms. The van der Waals surface area contributed by atoms with Crippen molar-refractivity contribution >= 4 is 108 Å². The molecule has 41 heavy (non-hydrogen) atoms. The number of alkyl halides is 6. The van der Waals surface area contributed by atoms with Gasteiger partial charge in [0.15, 0.2) is 5.75 Å². The van der Waals surface area contributed by atoms with Gasteiger partial charge in [-0.3, -0.25) is 4.79 Å². The normalized spacial score (nSPS) is 19.0. The molecule has 1 heterocycles. The number of esters is 1. The van der Waals surface area contributed by atoms with Crippen LogP contribution < -0.4 is 8.37 Å². The van der Waals surface area contributed by atoms with Gasteiger partial charge in [-0.25, -0.2) is 13.2 Å². The maximum absolute atomic E-state index is 13.3.